The lowest BCUT2D eigenvalue weighted by Crippen LogP contribution is -2.63. The molecule has 8 heteroatoms. The zero-order valence-electron chi connectivity index (χ0n) is 13.4. The predicted molar refractivity (Wildman–Crippen MR) is 86.1 cm³/mol. The van der Waals surface area contributed by atoms with E-state index < -0.39 is 33.8 Å². The Morgan fingerprint density at radius 2 is 0.833 bits per heavy atom. The van der Waals surface area contributed by atoms with Crippen molar-refractivity contribution >= 4 is 33.8 Å². The van der Waals surface area contributed by atoms with Gasteiger partial charge in [-0.05, 0) is 58.9 Å². The molecule has 0 aliphatic carbocycles. The molecule has 18 heavy (non-hydrogen) atoms. The van der Waals surface area contributed by atoms with Crippen LogP contribution in [0.1, 0.15) is 0 Å². The fourth-order valence-electron chi connectivity index (χ4n) is 1.56. The maximum absolute atomic E-state index is 9.82. The molecule has 0 bridgehead atoms. The molecule has 0 aromatic heterocycles. The molecule has 0 unspecified atom stereocenters. The number of hydrogen-bond acceptors (Lipinski definition) is 4. The Morgan fingerprint density at radius 1 is 0.611 bits per heavy atom. The topological polar surface area (TPSA) is 47.9 Å². The van der Waals surface area contributed by atoms with Crippen molar-refractivity contribution in [3.8, 4) is 0 Å². The summed E-state index contributed by atoms with van der Waals surface area (Å²) in [6.45, 7) is 18.9. The smallest absolute Gasteiger partial charge is 0.416 e. The molecule has 110 valence electrons. The standard InChI is InChI=1S/C10H30O4Si4/c1-15(2,3)12-18(10-11,13-16(4,5)6)14-17(7,8)9/h11H,10H2,1-9H3. The van der Waals surface area contributed by atoms with Gasteiger partial charge in [0, 0.05) is 0 Å². The van der Waals surface area contributed by atoms with E-state index in [0.717, 1.165) is 0 Å². The van der Waals surface area contributed by atoms with E-state index >= 15 is 0 Å². The third kappa shape index (κ3) is 8.75. The van der Waals surface area contributed by atoms with Gasteiger partial charge in [0.1, 0.15) is 6.23 Å². The van der Waals surface area contributed by atoms with Gasteiger partial charge in [-0.1, -0.05) is 0 Å². The molecule has 0 fully saturated rings. The minimum absolute atomic E-state index is 0.119. The molecule has 0 radical (unpaired) electrons. The maximum Gasteiger partial charge on any atom is 0.496 e. The average Bonchev–Trinajstić information content (AvgIpc) is 1.93. The van der Waals surface area contributed by atoms with E-state index in [1.54, 1.807) is 0 Å². The highest BCUT2D eigenvalue weighted by atomic mass is 28.5. The van der Waals surface area contributed by atoms with E-state index in [9.17, 15) is 5.11 Å². The van der Waals surface area contributed by atoms with E-state index in [-0.39, 0.29) is 6.23 Å². The Bertz CT molecular complexity index is 224. The van der Waals surface area contributed by atoms with Gasteiger partial charge >= 0.3 is 8.80 Å². The van der Waals surface area contributed by atoms with Crippen LogP contribution in [0.25, 0.3) is 0 Å². The summed E-state index contributed by atoms with van der Waals surface area (Å²) in [6.07, 6.45) is -0.119. The minimum atomic E-state index is -2.93. The Hall–Kier alpha value is 0.708. The molecule has 0 amide bonds. The van der Waals surface area contributed by atoms with Crippen LogP contribution in [0.2, 0.25) is 58.9 Å². The van der Waals surface area contributed by atoms with Crippen LogP contribution in [0.4, 0.5) is 0 Å². The van der Waals surface area contributed by atoms with Crippen LogP contribution >= 0.6 is 0 Å². The molecule has 0 rings (SSSR count). The fourth-order valence-corrected chi connectivity index (χ4v) is 15.2. The molecule has 0 aliphatic rings. The van der Waals surface area contributed by atoms with Crippen molar-refractivity contribution in [3.05, 3.63) is 0 Å². The normalized spacial score (nSPS) is 15.0. The van der Waals surface area contributed by atoms with Gasteiger partial charge in [-0.25, -0.2) is 0 Å². The fraction of sp³-hybridized carbons (Fsp3) is 1.00. The van der Waals surface area contributed by atoms with Gasteiger partial charge in [0.15, 0.2) is 25.0 Å². The van der Waals surface area contributed by atoms with Crippen molar-refractivity contribution in [2.45, 2.75) is 58.9 Å². The number of aliphatic hydroxyl groups excluding tert-OH is 1. The van der Waals surface area contributed by atoms with Crippen LogP contribution in [0.15, 0.2) is 0 Å². The lowest BCUT2D eigenvalue weighted by Gasteiger charge is -2.41. The first-order valence-corrected chi connectivity index (χ1v) is 18.6. The molecule has 0 aromatic carbocycles. The highest BCUT2D eigenvalue weighted by Gasteiger charge is 2.49. The van der Waals surface area contributed by atoms with Crippen molar-refractivity contribution in [2.24, 2.45) is 0 Å². The maximum atomic E-state index is 9.82. The quantitative estimate of drug-likeness (QED) is 0.731. The van der Waals surface area contributed by atoms with Gasteiger partial charge < -0.3 is 17.5 Å². The number of rotatable bonds is 7. The first-order valence-electron chi connectivity index (χ1n) is 6.39. The van der Waals surface area contributed by atoms with Crippen molar-refractivity contribution in [1.82, 2.24) is 0 Å². The molecule has 0 atom stereocenters. The van der Waals surface area contributed by atoms with Crippen molar-refractivity contribution in [3.63, 3.8) is 0 Å². The predicted octanol–water partition coefficient (Wildman–Crippen LogP) is 3.01. The third-order valence-electron chi connectivity index (χ3n) is 1.58. The summed E-state index contributed by atoms with van der Waals surface area (Å²) in [5, 5.41) is 9.82. The van der Waals surface area contributed by atoms with Gasteiger partial charge in [-0.3, -0.25) is 0 Å². The summed E-state index contributed by atoms with van der Waals surface area (Å²) in [6, 6.07) is 0. The van der Waals surface area contributed by atoms with Gasteiger partial charge in [-0.2, -0.15) is 0 Å². The summed E-state index contributed by atoms with van der Waals surface area (Å²) < 4.78 is 18.5. The second-order valence-electron chi connectivity index (χ2n) is 7.48. The van der Waals surface area contributed by atoms with Gasteiger partial charge in [0.05, 0.1) is 0 Å². The third-order valence-corrected chi connectivity index (χ3v) is 13.0. The second kappa shape index (κ2) is 6.00. The lowest BCUT2D eigenvalue weighted by atomic mass is 11.7. The molecule has 0 aromatic rings. The highest BCUT2D eigenvalue weighted by molar-refractivity contribution is 6.89. The molecule has 0 saturated heterocycles. The molecule has 4 nitrogen and oxygen atoms in total. The van der Waals surface area contributed by atoms with Crippen molar-refractivity contribution < 1.29 is 17.5 Å². The molecule has 0 aliphatic heterocycles. The van der Waals surface area contributed by atoms with E-state index in [2.05, 4.69) is 58.9 Å². The number of hydrogen-bond donors (Lipinski definition) is 1. The van der Waals surface area contributed by atoms with E-state index in [1.165, 1.54) is 0 Å². The van der Waals surface area contributed by atoms with E-state index in [0.29, 0.717) is 0 Å². The van der Waals surface area contributed by atoms with E-state index in [1.807, 2.05) is 0 Å². The van der Waals surface area contributed by atoms with Crippen LogP contribution in [-0.2, 0) is 12.3 Å². The summed E-state index contributed by atoms with van der Waals surface area (Å²) in [5.74, 6) is 0. The minimum Gasteiger partial charge on any atom is -0.416 e. The number of aliphatic hydroxyl groups is 1. The molecule has 1 N–H and O–H groups in total. The second-order valence-corrected chi connectivity index (χ2v) is 24.3. The Labute approximate surface area is 116 Å². The first kappa shape index (κ1) is 18.7. The monoisotopic (exact) mass is 326 g/mol. The Morgan fingerprint density at radius 3 is 0.944 bits per heavy atom. The zero-order chi connectivity index (χ0) is 14.8. The van der Waals surface area contributed by atoms with Gasteiger partial charge in [0.25, 0.3) is 0 Å². The molecule has 0 saturated carbocycles. The van der Waals surface area contributed by atoms with Crippen LogP contribution < -0.4 is 0 Å². The van der Waals surface area contributed by atoms with Gasteiger partial charge in [0.2, 0.25) is 0 Å². The van der Waals surface area contributed by atoms with Crippen molar-refractivity contribution in [1.29, 1.82) is 0 Å². The van der Waals surface area contributed by atoms with Gasteiger partial charge in [-0.15, -0.1) is 0 Å². The molecular weight excluding hydrogens is 296 g/mol. The van der Waals surface area contributed by atoms with Crippen molar-refractivity contribution in [2.75, 3.05) is 6.23 Å². The molecule has 0 heterocycles. The van der Waals surface area contributed by atoms with Crippen LogP contribution in [0.5, 0.6) is 0 Å². The lowest BCUT2D eigenvalue weighted by molar-refractivity contribution is 0.195. The first-order chi connectivity index (χ1) is 7.68. The SMILES string of the molecule is C[Si](C)(C)O[Si](CO)(O[Si](C)(C)C)O[Si](C)(C)C. The van der Waals surface area contributed by atoms with Crippen LogP contribution in [0, 0.1) is 0 Å². The Balaban J connectivity index is 5.20. The summed E-state index contributed by atoms with van der Waals surface area (Å²) in [7, 11) is -8.39. The largest absolute Gasteiger partial charge is 0.496 e. The molecular formula is C10H30O4Si4. The summed E-state index contributed by atoms with van der Waals surface area (Å²) in [4.78, 5) is 0. The average molecular weight is 327 g/mol. The zero-order valence-corrected chi connectivity index (χ0v) is 17.4. The summed E-state index contributed by atoms with van der Waals surface area (Å²) in [5.41, 5.74) is 0. The van der Waals surface area contributed by atoms with Crippen LogP contribution in [0.3, 0.4) is 0 Å². The van der Waals surface area contributed by atoms with E-state index in [4.69, 9.17) is 12.3 Å². The highest BCUT2D eigenvalue weighted by Crippen LogP contribution is 2.24. The molecule has 0 spiro atoms. The Kier molecular flexibility index (Phi) is 6.23. The summed E-state index contributed by atoms with van der Waals surface area (Å²) >= 11 is 0. The van der Waals surface area contributed by atoms with Crippen LogP contribution in [-0.4, -0.2) is 45.1 Å².